The lowest BCUT2D eigenvalue weighted by molar-refractivity contribution is 0.0491. The van der Waals surface area contributed by atoms with Crippen molar-refractivity contribution in [3.05, 3.63) is 28.0 Å². The van der Waals surface area contributed by atoms with Gasteiger partial charge in [0.1, 0.15) is 5.84 Å². The van der Waals surface area contributed by atoms with E-state index in [1.165, 1.54) is 6.07 Å². The van der Waals surface area contributed by atoms with E-state index in [0.717, 1.165) is 26.1 Å². The van der Waals surface area contributed by atoms with Gasteiger partial charge in [0.15, 0.2) is 11.6 Å². The Balaban J connectivity index is 2.04. The van der Waals surface area contributed by atoms with E-state index in [2.05, 4.69) is 15.9 Å². The topological polar surface area (TPSA) is 68.3 Å². The highest BCUT2D eigenvalue weighted by Gasteiger charge is 2.17. The smallest absolute Gasteiger partial charge is 0.179 e. The predicted octanol–water partition coefficient (Wildman–Crippen LogP) is 2.68. The summed E-state index contributed by atoms with van der Waals surface area (Å²) in [6.45, 7) is 1.96. The van der Waals surface area contributed by atoms with Gasteiger partial charge in [0.05, 0.1) is 11.1 Å². The zero-order valence-corrected chi connectivity index (χ0v) is 12.0. The van der Waals surface area contributed by atoms with Gasteiger partial charge in [-0.3, -0.25) is 5.41 Å². The number of halogens is 2. The van der Waals surface area contributed by atoms with Crippen LogP contribution in [0.3, 0.4) is 0 Å². The monoisotopic (exact) mass is 330 g/mol. The molecule has 0 amide bonds. The lowest BCUT2D eigenvalue weighted by Gasteiger charge is -2.22. The molecule has 6 heteroatoms. The van der Waals surface area contributed by atoms with Crippen LogP contribution in [0.1, 0.15) is 18.4 Å². The molecule has 19 heavy (non-hydrogen) atoms. The van der Waals surface area contributed by atoms with E-state index >= 15 is 0 Å². The molecule has 0 saturated carbocycles. The Hall–Kier alpha value is -1.14. The molecule has 0 bridgehead atoms. The van der Waals surface area contributed by atoms with Crippen LogP contribution in [0.4, 0.5) is 4.39 Å². The largest absolute Gasteiger partial charge is 0.490 e. The molecule has 0 aliphatic carbocycles. The summed E-state index contributed by atoms with van der Waals surface area (Å²) in [6, 6.07) is 3.09. The third kappa shape index (κ3) is 3.45. The van der Waals surface area contributed by atoms with E-state index < -0.39 is 5.82 Å². The van der Waals surface area contributed by atoms with E-state index in [-0.39, 0.29) is 16.1 Å². The van der Waals surface area contributed by atoms with Crippen LogP contribution < -0.4 is 10.5 Å². The molecular weight excluding hydrogens is 315 g/mol. The summed E-state index contributed by atoms with van der Waals surface area (Å²) in [5.74, 6) is -0.107. The van der Waals surface area contributed by atoms with Gasteiger partial charge in [0.2, 0.25) is 0 Å². The second kappa shape index (κ2) is 6.34. The molecule has 2 rings (SSSR count). The number of nitrogens with one attached hydrogen (secondary N) is 1. The summed E-state index contributed by atoms with van der Waals surface area (Å²) < 4.78 is 25.0. The molecule has 1 heterocycles. The first-order valence-electron chi connectivity index (χ1n) is 6.12. The van der Waals surface area contributed by atoms with Crippen molar-refractivity contribution in [2.75, 3.05) is 19.8 Å². The van der Waals surface area contributed by atoms with Crippen molar-refractivity contribution in [3.8, 4) is 5.75 Å². The van der Waals surface area contributed by atoms with E-state index in [4.69, 9.17) is 20.6 Å². The average Bonchev–Trinajstić information content (AvgIpc) is 2.41. The van der Waals surface area contributed by atoms with Crippen LogP contribution in [-0.2, 0) is 4.74 Å². The van der Waals surface area contributed by atoms with Gasteiger partial charge in [0.25, 0.3) is 0 Å². The van der Waals surface area contributed by atoms with Crippen LogP contribution >= 0.6 is 15.9 Å². The Labute approximate surface area is 119 Å². The standard InChI is InChI=1S/C13H16BrFN2O2/c14-11-9(13(16)17)1-2-10(12(11)15)19-7-8-3-5-18-6-4-8/h1-2,8H,3-7H2,(H3,16,17). The number of benzene rings is 1. The quantitative estimate of drug-likeness (QED) is 0.658. The fourth-order valence-electron chi connectivity index (χ4n) is 1.97. The van der Waals surface area contributed by atoms with Gasteiger partial charge in [0, 0.05) is 18.8 Å². The van der Waals surface area contributed by atoms with Crippen molar-refractivity contribution in [2.45, 2.75) is 12.8 Å². The highest BCUT2D eigenvalue weighted by Crippen LogP contribution is 2.29. The van der Waals surface area contributed by atoms with E-state index in [1.54, 1.807) is 6.07 Å². The second-order valence-electron chi connectivity index (χ2n) is 4.52. The fraction of sp³-hybridized carbons (Fsp3) is 0.462. The minimum absolute atomic E-state index is 0.171. The molecular formula is C13H16BrFN2O2. The Morgan fingerprint density at radius 2 is 2.16 bits per heavy atom. The SMILES string of the molecule is N=C(N)c1ccc(OCC2CCOCC2)c(F)c1Br. The fourth-order valence-corrected chi connectivity index (χ4v) is 2.51. The van der Waals surface area contributed by atoms with Crippen LogP contribution in [0.5, 0.6) is 5.75 Å². The van der Waals surface area contributed by atoms with Gasteiger partial charge in [-0.15, -0.1) is 0 Å². The lowest BCUT2D eigenvalue weighted by Crippen LogP contribution is -2.21. The summed E-state index contributed by atoms with van der Waals surface area (Å²) in [4.78, 5) is 0. The third-order valence-corrected chi connectivity index (χ3v) is 3.93. The van der Waals surface area contributed by atoms with Crippen LogP contribution in [0, 0.1) is 17.1 Å². The maximum Gasteiger partial charge on any atom is 0.179 e. The Morgan fingerprint density at radius 3 is 2.79 bits per heavy atom. The van der Waals surface area contributed by atoms with Crippen molar-refractivity contribution in [1.29, 1.82) is 5.41 Å². The zero-order chi connectivity index (χ0) is 13.8. The van der Waals surface area contributed by atoms with E-state index in [0.29, 0.717) is 18.1 Å². The molecule has 104 valence electrons. The van der Waals surface area contributed by atoms with Gasteiger partial charge in [-0.05, 0) is 46.8 Å². The Kier molecular flexibility index (Phi) is 4.76. The van der Waals surface area contributed by atoms with Crippen LogP contribution in [0.2, 0.25) is 0 Å². The third-order valence-electron chi connectivity index (χ3n) is 3.15. The molecule has 4 nitrogen and oxygen atoms in total. The number of rotatable bonds is 4. The molecule has 0 aromatic heterocycles. The van der Waals surface area contributed by atoms with Crippen LogP contribution in [-0.4, -0.2) is 25.7 Å². The van der Waals surface area contributed by atoms with Crippen molar-refractivity contribution in [1.82, 2.24) is 0 Å². The highest BCUT2D eigenvalue weighted by molar-refractivity contribution is 9.10. The lowest BCUT2D eigenvalue weighted by atomic mass is 10.0. The van der Waals surface area contributed by atoms with Crippen molar-refractivity contribution in [2.24, 2.45) is 11.7 Å². The normalized spacial score (nSPS) is 16.3. The Morgan fingerprint density at radius 1 is 1.47 bits per heavy atom. The van der Waals surface area contributed by atoms with E-state index in [1.807, 2.05) is 0 Å². The van der Waals surface area contributed by atoms with Crippen molar-refractivity contribution < 1.29 is 13.9 Å². The Bertz CT molecular complexity index is 476. The summed E-state index contributed by atoms with van der Waals surface area (Å²) in [5.41, 5.74) is 5.69. The van der Waals surface area contributed by atoms with Gasteiger partial charge in [-0.1, -0.05) is 0 Å². The number of hydrogen-bond donors (Lipinski definition) is 2. The highest BCUT2D eigenvalue weighted by atomic mass is 79.9. The minimum atomic E-state index is -0.514. The molecule has 0 spiro atoms. The number of hydrogen-bond acceptors (Lipinski definition) is 3. The average molecular weight is 331 g/mol. The summed E-state index contributed by atoms with van der Waals surface area (Å²) in [6.07, 6.45) is 1.88. The summed E-state index contributed by atoms with van der Waals surface area (Å²) in [5, 5.41) is 7.33. The molecule has 1 aromatic carbocycles. The van der Waals surface area contributed by atoms with Gasteiger partial charge in [-0.2, -0.15) is 0 Å². The number of nitrogen functional groups attached to an aromatic ring is 1. The summed E-state index contributed by atoms with van der Waals surface area (Å²) >= 11 is 3.10. The first-order chi connectivity index (χ1) is 9.09. The first kappa shape index (κ1) is 14.3. The molecule has 1 fully saturated rings. The molecule has 3 N–H and O–H groups in total. The molecule has 1 saturated heterocycles. The van der Waals surface area contributed by atoms with Crippen LogP contribution in [0.15, 0.2) is 16.6 Å². The summed E-state index contributed by atoms with van der Waals surface area (Å²) in [7, 11) is 0. The molecule has 0 atom stereocenters. The minimum Gasteiger partial charge on any atom is -0.490 e. The van der Waals surface area contributed by atoms with E-state index in [9.17, 15) is 4.39 Å². The molecule has 0 unspecified atom stereocenters. The molecule has 0 radical (unpaired) electrons. The zero-order valence-electron chi connectivity index (χ0n) is 10.4. The molecule has 1 aromatic rings. The predicted molar refractivity (Wildman–Crippen MR) is 74.2 cm³/mol. The number of nitrogens with two attached hydrogens (primary N) is 1. The number of amidine groups is 1. The van der Waals surface area contributed by atoms with Gasteiger partial charge < -0.3 is 15.2 Å². The van der Waals surface area contributed by atoms with Gasteiger partial charge >= 0.3 is 0 Å². The maximum absolute atomic E-state index is 14.0. The second-order valence-corrected chi connectivity index (χ2v) is 5.31. The molecule has 1 aliphatic heterocycles. The van der Waals surface area contributed by atoms with Crippen molar-refractivity contribution >= 4 is 21.8 Å². The first-order valence-corrected chi connectivity index (χ1v) is 6.92. The van der Waals surface area contributed by atoms with Crippen molar-refractivity contribution in [3.63, 3.8) is 0 Å². The number of ether oxygens (including phenoxy) is 2. The van der Waals surface area contributed by atoms with Crippen LogP contribution in [0.25, 0.3) is 0 Å². The maximum atomic E-state index is 14.0. The molecule has 1 aliphatic rings. The van der Waals surface area contributed by atoms with Gasteiger partial charge in [-0.25, -0.2) is 4.39 Å².